The first kappa shape index (κ1) is 34.7. The summed E-state index contributed by atoms with van der Waals surface area (Å²) in [4.78, 5) is 20.8. The molecule has 0 atom stereocenters. The van der Waals surface area contributed by atoms with Crippen LogP contribution >= 0.6 is 11.3 Å². The molecule has 60 heavy (non-hydrogen) atoms. The summed E-state index contributed by atoms with van der Waals surface area (Å²) in [7, 11) is 0. The summed E-state index contributed by atoms with van der Waals surface area (Å²) in [5.41, 5.74) is 13.1. The zero-order valence-electron chi connectivity index (χ0n) is 33.0. The molecule has 1 aliphatic carbocycles. The second-order valence-electron chi connectivity index (χ2n) is 16.2. The maximum absolute atomic E-state index is 5.42. The molecule has 4 nitrogen and oxygen atoms in total. The number of pyridine rings is 1. The Labute approximate surface area is 351 Å². The van der Waals surface area contributed by atoms with Gasteiger partial charge in [0.2, 0.25) is 0 Å². The van der Waals surface area contributed by atoms with Crippen molar-refractivity contribution in [3.05, 3.63) is 193 Å². The van der Waals surface area contributed by atoms with Gasteiger partial charge in [0.1, 0.15) is 0 Å². The lowest BCUT2D eigenvalue weighted by Crippen LogP contribution is -2.14. The van der Waals surface area contributed by atoms with Crippen LogP contribution in [0.4, 0.5) is 0 Å². The third-order valence-electron chi connectivity index (χ3n) is 12.3. The number of benzene rings is 8. The molecule has 0 spiro atoms. The molecule has 1 aliphatic rings. The monoisotopic (exact) mass is 784 g/mol. The minimum absolute atomic E-state index is 0.0800. The van der Waals surface area contributed by atoms with Crippen molar-refractivity contribution in [1.82, 2.24) is 19.9 Å². The van der Waals surface area contributed by atoms with Crippen LogP contribution in [0.25, 0.3) is 110 Å². The molecular weight excluding hydrogens is 749 g/mol. The second-order valence-corrected chi connectivity index (χ2v) is 17.3. The van der Waals surface area contributed by atoms with E-state index in [1.807, 2.05) is 29.5 Å². The molecule has 11 aromatic rings. The Morgan fingerprint density at radius 3 is 1.78 bits per heavy atom. The van der Waals surface area contributed by atoms with Crippen molar-refractivity contribution < 1.29 is 0 Å². The van der Waals surface area contributed by atoms with Crippen molar-refractivity contribution in [2.75, 3.05) is 0 Å². The molecule has 0 unspecified atom stereocenters. The lowest BCUT2D eigenvalue weighted by Gasteiger charge is -2.21. The van der Waals surface area contributed by atoms with Gasteiger partial charge in [-0.15, -0.1) is 11.3 Å². The zero-order chi connectivity index (χ0) is 40.0. The summed E-state index contributed by atoms with van der Waals surface area (Å²) in [6, 6.07) is 64.7. The van der Waals surface area contributed by atoms with Crippen molar-refractivity contribution in [3.8, 4) is 67.7 Å². The highest BCUT2D eigenvalue weighted by Crippen LogP contribution is 2.49. The summed E-state index contributed by atoms with van der Waals surface area (Å²) in [6.07, 6.45) is 0. The molecule has 0 amide bonds. The fraction of sp³-hybridized carbons (Fsp3) is 0.0545. The lowest BCUT2D eigenvalue weighted by atomic mass is 9.82. The first-order valence-electron chi connectivity index (χ1n) is 20.4. The van der Waals surface area contributed by atoms with E-state index in [2.05, 4.69) is 178 Å². The maximum atomic E-state index is 5.42. The molecule has 0 saturated heterocycles. The molecule has 282 valence electrons. The second kappa shape index (κ2) is 13.3. The van der Waals surface area contributed by atoms with Crippen molar-refractivity contribution in [2.45, 2.75) is 19.3 Å². The summed E-state index contributed by atoms with van der Waals surface area (Å²) in [5, 5.41) is 6.14. The first-order chi connectivity index (χ1) is 29.5. The number of thiophene rings is 1. The third kappa shape index (κ3) is 5.43. The Balaban J connectivity index is 1.02. The molecule has 0 bridgehead atoms. The number of hydrogen-bond acceptors (Lipinski definition) is 5. The Morgan fingerprint density at radius 1 is 0.367 bits per heavy atom. The highest BCUT2D eigenvalue weighted by molar-refractivity contribution is 7.26. The van der Waals surface area contributed by atoms with E-state index in [0.29, 0.717) is 17.5 Å². The van der Waals surface area contributed by atoms with Crippen molar-refractivity contribution >= 4 is 53.2 Å². The van der Waals surface area contributed by atoms with Gasteiger partial charge in [0.25, 0.3) is 0 Å². The van der Waals surface area contributed by atoms with Crippen LogP contribution in [0.5, 0.6) is 0 Å². The highest BCUT2D eigenvalue weighted by atomic mass is 32.1. The number of aromatic nitrogens is 4. The summed E-state index contributed by atoms with van der Waals surface area (Å²) < 4.78 is 2.58. The minimum Gasteiger partial charge on any atom is -0.247 e. The molecule has 3 aromatic heterocycles. The average molecular weight is 785 g/mol. The van der Waals surface area contributed by atoms with Crippen LogP contribution < -0.4 is 0 Å². The minimum atomic E-state index is -0.0800. The number of rotatable bonds is 5. The van der Waals surface area contributed by atoms with Gasteiger partial charge in [0.05, 0.1) is 11.2 Å². The smallest absolute Gasteiger partial charge is 0.164 e. The predicted octanol–water partition coefficient (Wildman–Crippen LogP) is 14.6. The third-order valence-corrected chi connectivity index (χ3v) is 13.4. The Kier molecular flexibility index (Phi) is 7.72. The summed E-state index contributed by atoms with van der Waals surface area (Å²) >= 11 is 1.85. The van der Waals surface area contributed by atoms with Gasteiger partial charge in [0.15, 0.2) is 17.5 Å². The van der Waals surface area contributed by atoms with E-state index in [1.165, 1.54) is 47.8 Å². The van der Waals surface area contributed by atoms with Gasteiger partial charge in [-0.2, -0.15) is 0 Å². The Bertz CT molecular complexity index is 3520. The van der Waals surface area contributed by atoms with Crippen LogP contribution in [0.3, 0.4) is 0 Å². The molecule has 0 fully saturated rings. The van der Waals surface area contributed by atoms with E-state index in [1.54, 1.807) is 0 Å². The van der Waals surface area contributed by atoms with E-state index in [0.717, 1.165) is 55.4 Å². The lowest BCUT2D eigenvalue weighted by molar-refractivity contribution is 0.660. The van der Waals surface area contributed by atoms with Crippen LogP contribution in [-0.4, -0.2) is 19.9 Å². The quantitative estimate of drug-likeness (QED) is 0.163. The van der Waals surface area contributed by atoms with E-state index in [4.69, 9.17) is 19.9 Å². The van der Waals surface area contributed by atoms with E-state index >= 15 is 0 Å². The SMILES string of the molecule is CC1(C)c2ccccc2-c2cc(-c3nc(-c4ccccc4)nc(-c4cccc(-c5ccc6c(c5)nc(-c5ccccc5)c5ccc7sc8ccccc8c7c56)c4)n3)ccc21. The van der Waals surface area contributed by atoms with Gasteiger partial charge in [0, 0.05) is 64.0 Å². The predicted molar refractivity (Wildman–Crippen MR) is 250 cm³/mol. The van der Waals surface area contributed by atoms with Gasteiger partial charge in [-0.3, -0.25) is 0 Å². The molecule has 12 rings (SSSR count). The first-order valence-corrected chi connectivity index (χ1v) is 21.2. The maximum Gasteiger partial charge on any atom is 0.164 e. The van der Waals surface area contributed by atoms with Crippen LogP contribution in [-0.2, 0) is 5.41 Å². The topological polar surface area (TPSA) is 51.6 Å². The normalized spacial score (nSPS) is 13.0. The van der Waals surface area contributed by atoms with Gasteiger partial charge in [-0.25, -0.2) is 19.9 Å². The average Bonchev–Trinajstić information content (AvgIpc) is 3.80. The molecule has 0 saturated carbocycles. The van der Waals surface area contributed by atoms with Crippen LogP contribution in [0.1, 0.15) is 25.0 Å². The molecule has 3 heterocycles. The van der Waals surface area contributed by atoms with Crippen LogP contribution in [0, 0.1) is 0 Å². The van der Waals surface area contributed by atoms with Crippen LogP contribution in [0.15, 0.2) is 182 Å². The van der Waals surface area contributed by atoms with E-state index in [9.17, 15) is 0 Å². The van der Waals surface area contributed by atoms with Crippen LogP contribution in [0.2, 0.25) is 0 Å². The Hall–Kier alpha value is -7.34. The van der Waals surface area contributed by atoms with Gasteiger partial charge < -0.3 is 0 Å². The molecule has 0 N–H and O–H groups in total. The zero-order valence-corrected chi connectivity index (χ0v) is 33.8. The van der Waals surface area contributed by atoms with Crippen molar-refractivity contribution in [2.24, 2.45) is 0 Å². The molecule has 0 aliphatic heterocycles. The highest BCUT2D eigenvalue weighted by Gasteiger charge is 2.35. The molecule has 0 radical (unpaired) electrons. The molecule has 5 heteroatoms. The Morgan fingerprint density at radius 2 is 0.967 bits per heavy atom. The van der Waals surface area contributed by atoms with Gasteiger partial charge >= 0.3 is 0 Å². The number of fused-ring (bicyclic) bond motifs is 10. The number of hydrogen-bond donors (Lipinski definition) is 0. The molecule has 8 aromatic carbocycles. The van der Waals surface area contributed by atoms with Crippen molar-refractivity contribution in [1.29, 1.82) is 0 Å². The number of nitrogens with zero attached hydrogens (tertiary/aromatic N) is 4. The summed E-state index contributed by atoms with van der Waals surface area (Å²) in [6.45, 7) is 4.61. The fourth-order valence-electron chi connectivity index (χ4n) is 9.35. The van der Waals surface area contributed by atoms with E-state index in [-0.39, 0.29) is 5.41 Å². The largest absolute Gasteiger partial charge is 0.247 e. The van der Waals surface area contributed by atoms with Gasteiger partial charge in [-0.05, 0) is 63.7 Å². The van der Waals surface area contributed by atoms with Gasteiger partial charge in [-0.1, -0.05) is 166 Å². The van der Waals surface area contributed by atoms with Crippen molar-refractivity contribution in [3.63, 3.8) is 0 Å². The molecular formula is C55H36N4S. The fourth-order valence-corrected chi connectivity index (χ4v) is 10.5. The summed E-state index contributed by atoms with van der Waals surface area (Å²) in [5.74, 6) is 1.92. The van der Waals surface area contributed by atoms with E-state index < -0.39 is 0 Å². The standard InChI is InChI=1S/C55H36N4S/c1-55(2)44-22-11-9-20-39(44)43-31-38(25-28-45(43)55)54-58-52(34-16-7-4-8-17-34)57-53(59-54)37-19-13-18-35(30-37)36-24-26-40-46(32-36)56-51(33-14-5-3-6-15-33)42-27-29-48-50(49(40)42)41-21-10-12-23-47(41)60-48/h3-32H,1-2H3.